The van der Waals surface area contributed by atoms with Crippen LogP contribution in [0.5, 0.6) is 11.5 Å². The first kappa shape index (κ1) is 22.2. The fourth-order valence-corrected chi connectivity index (χ4v) is 3.56. The Morgan fingerprint density at radius 1 is 0.867 bits per heavy atom. The molecule has 0 amide bonds. The topological polar surface area (TPSA) is 41.9 Å². The standard InChI is InChI=1S/C25H28ClNO3/c1-29-24-13-8-19(16-25(24)30-2)14-15-27(17-20-6-4-3-5-7-20)18-23(28)21-9-11-22(26)12-10-21/h3-13,16,23,28H,14-15,17-18H2,1-2H3. The summed E-state index contributed by atoms with van der Waals surface area (Å²) in [6, 6.07) is 23.7. The minimum Gasteiger partial charge on any atom is -0.493 e. The van der Waals surface area contributed by atoms with Crippen LogP contribution in [0, 0.1) is 0 Å². The SMILES string of the molecule is COc1ccc(CCN(Cc2ccccc2)CC(O)c2ccc(Cl)cc2)cc1OC. The van der Waals surface area contributed by atoms with Crippen LogP contribution in [0.3, 0.4) is 0 Å². The van der Waals surface area contributed by atoms with Gasteiger partial charge in [0.15, 0.2) is 11.5 Å². The molecule has 1 unspecified atom stereocenters. The monoisotopic (exact) mass is 425 g/mol. The fraction of sp³-hybridized carbons (Fsp3) is 0.280. The van der Waals surface area contributed by atoms with Crippen LogP contribution in [0.25, 0.3) is 0 Å². The van der Waals surface area contributed by atoms with Gasteiger partial charge in [-0.05, 0) is 47.4 Å². The zero-order valence-corrected chi connectivity index (χ0v) is 18.2. The normalized spacial score (nSPS) is 12.0. The van der Waals surface area contributed by atoms with Crippen molar-refractivity contribution in [3.8, 4) is 11.5 Å². The summed E-state index contributed by atoms with van der Waals surface area (Å²) in [4.78, 5) is 2.27. The lowest BCUT2D eigenvalue weighted by Gasteiger charge is -2.26. The van der Waals surface area contributed by atoms with E-state index in [0.29, 0.717) is 11.6 Å². The second kappa shape index (κ2) is 11.0. The lowest BCUT2D eigenvalue weighted by Crippen LogP contribution is -2.30. The van der Waals surface area contributed by atoms with Gasteiger partial charge in [-0.1, -0.05) is 60.1 Å². The van der Waals surface area contributed by atoms with Crippen molar-refractivity contribution in [2.45, 2.75) is 19.1 Å². The Kier molecular flexibility index (Phi) is 8.14. The number of methoxy groups -OCH3 is 2. The van der Waals surface area contributed by atoms with Gasteiger partial charge in [0.2, 0.25) is 0 Å². The van der Waals surface area contributed by atoms with E-state index in [-0.39, 0.29) is 0 Å². The summed E-state index contributed by atoms with van der Waals surface area (Å²) < 4.78 is 10.7. The number of hydrogen-bond donors (Lipinski definition) is 1. The quantitative estimate of drug-likeness (QED) is 0.488. The zero-order valence-electron chi connectivity index (χ0n) is 17.4. The Bertz CT molecular complexity index is 915. The Labute approximate surface area is 183 Å². The van der Waals surface area contributed by atoms with Crippen molar-refractivity contribution in [2.24, 2.45) is 0 Å². The number of rotatable bonds is 10. The number of nitrogens with zero attached hydrogens (tertiary/aromatic N) is 1. The first-order valence-corrected chi connectivity index (χ1v) is 10.4. The smallest absolute Gasteiger partial charge is 0.160 e. The predicted octanol–water partition coefficient (Wildman–Crippen LogP) is 5.14. The maximum atomic E-state index is 10.8. The minimum absolute atomic E-state index is 0.532. The highest BCUT2D eigenvalue weighted by molar-refractivity contribution is 6.30. The van der Waals surface area contributed by atoms with Crippen LogP contribution >= 0.6 is 11.6 Å². The second-order valence-electron chi connectivity index (χ2n) is 7.23. The third-order valence-electron chi connectivity index (χ3n) is 5.10. The van der Waals surface area contributed by atoms with Gasteiger partial charge >= 0.3 is 0 Å². The Morgan fingerprint density at radius 2 is 1.57 bits per heavy atom. The van der Waals surface area contributed by atoms with Gasteiger partial charge in [0.1, 0.15) is 0 Å². The summed E-state index contributed by atoms with van der Waals surface area (Å²) in [5.74, 6) is 1.45. The lowest BCUT2D eigenvalue weighted by atomic mass is 10.1. The molecule has 1 N–H and O–H groups in total. The maximum Gasteiger partial charge on any atom is 0.160 e. The van der Waals surface area contributed by atoms with Gasteiger partial charge < -0.3 is 14.6 Å². The Balaban J connectivity index is 1.71. The van der Waals surface area contributed by atoms with Gasteiger partial charge in [-0.2, -0.15) is 0 Å². The third kappa shape index (κ3) is 6.23. The van der Waals surface area contributed by atoms with Crippen LogP contribution < -0.4 is 9.47 Å². The summed E-state index contributed by atoms with van der Waals surface area (Å²) in [6.07, 6.45) is 0.247. The van der Waals surface area contributed by atoms with Gasteiger partial charge in [0.05, 0.1) is 20.3 Å². The van der Waals surface area contributed by atoms with Crippen molar-refractivity contribution in [1.82, 2.24) is 4.90 Å². The van der Waals surface area contributed by atoms with Gasteiger partial charge in [0.25, 0.3) is 0 Å². The fourth-order valence-electron chi connectivity index (χ4n) is 3.43. The molecule has 30 heavy (non-hydrogen) atoms. The van der Waals surface area contributed by atoms with E-state index in [2.05, 4.69) is 23.1 Å². The van der Waals surface area contributed by atoms with Crippen molar-refractivity contribution >= 4 is 11.6 Å². The zero-order chi connectivity index (χ0) is 21.3. The molecule has 5 heteroatoms. The molecule has 0 aliphatic heterocycles. The van der Waals surface area contributed by atoms with Gasteiger partial charge in [0, 0.05) is 24.7 Å². The molecule has 1 atom stereocenters. The van der Waals surface area contributed by atoms with Crippen molar-refractivity contribution in [1.29, 1.82) is 0 Å². The van der Waals surface area contributed by atoms with Crippen LogP contribution in [0.15, 0.2) is 72.8 Å². The highest BCUT2D eigenvalue weighted by atomic mass is 35.5. The summed E-state index contributed by atoms with van der Waals surface area (Å²) >= 11 is 5.98. The van der Waals surface area contributed by atoms with E-state index < -0.39 is 6.10 Å². The van der Waals surface area contributed by atoms with Crippen LogP contribution in [-0.2, 0) is 13.0 Å². The summed E-state index contributed by atoms with van der Waals surface area (Å²) in [6.45, 7) is 2.09. The number of hydrogen-bond acceptors (Lipinski definition) is 4. The van der Waals surface area contributed by atoms with Crippen molar-refractivity contribution in [3.05, 3.63) is 94.5 Å². The highest BCUT2D eigenvalue weighted by Gasteiger charge is 2.15. The average Bonchev–Trinajstić information content (AvgIpc) is 2.78. The third-order valence-corrected chi connectivity index (χ3v) is 5.35. The van der Waals surface area contributed by atoms with E-state index in [1.807, 2.05) is 54.6 Å². The number of benzene rings is 3. The number of halogens is 1. The summed E-state index contributed by atoms with van der Waals surface area (Å²) in [5.41, 5.74) is 3.24. The van der Waals surface area contributed by atoms with Crippen molar-refractivity contribution in [2.75, 3.05) is 27.3 Å². The molecule has 0 saturated carbocycles. The first-order chi connectivity index (χ1) is 14.6. The molecule has 158 valence electrons. The van der Waals surface area contributed by atoms with Gasteiger partial charge in [-0.15, -0.1) is 0 Å². The van der Waals surface area contributed by atoms with E-state index in [1.165, 1.54) is 5.56 Å². The molecule has 0 radical (unpaired) electrons. The summed E-state index contributed by atoms with van der Waals surface area (Å²) in [5, 5.41) is 11.5. The molecule has 0 heterocycles. The van der Waals surface area contributed by atoms with Crippen molar-refractivity contribution < 1.29 is 14.6 Å². The molecule has 0 aliphatic rings. The van der Waals surface area contributed by atoms with E-state index in [1.54, 1.807) is 14.2 Å². The molecule has 0 aromatic heterocycles. The predicted molar refractivity (Wildman–Crippen MR) is 121 cm³/mol. The highest BCUT2D eigenvalue weighted by Crippen LogP contribution is 2.28. The first-order valence-electron chi connectivity index (χ1n) is 9.99. The van der Waals surface area contributed by atoms with Crippen LogP contribution in [-0.4, -0.2) is 37.3 Å². The molecule has 4 nitrogen and oxygen atoms in total. The van der Waals surface area contributed by atoms with E-state index in [4.69, 9.17) is 21.1 Å². The van der Waals surface area contributed by atoms with E-state index in [9.17, 15) is 5.11 Å². The molecule has 0 saturated heterocycles. The molecule has 3 rings (SSSR count). The minimum atomic E-state index is -0.587. The molecular weight excluding hydrogens is 398 g/mol. The Hall–Kier alpha value is -2.53. The van der Waals surface area contributed by atoms with Gasteiger partial charge in [-0.25, -0.2) is 0 Å². The average molecular weight is 426 g/mol. The largest absolute Gasteiger partial charge is 0.493 e. The van der Waals surface area contributed by atoms with E-state index in [0.717, 1.165) is 42.1 Å². The van der Waals surface area contributed by atoms with E-state index >= 15 is 0 Å². The number of ether oxygens (including phenoxy) is 2. The Morgan fingerprint density at radius 3 is 2.23 bits per heavy atom. The van der Waals surface area contributed by atoms with Gasteiger partial charge in [-0.3, -0.25) is 4.90 Å². The summed E-state index contributed by atoms with van der Waals surface area (Å²) in [7, 11) is 3.28. The molecular formula is C25H28ClNO3. The maximum absolute atomic E-state index is 10.8. The second-order valence-corrected chi connectivity index (χ2v) is 7.66. The number of aliphatic hydroxyl groups is 1. The molecule has 3 aromatic rings. The molecule has 3 aromatic carbocycles. The van der Waals surface area contributed by atoms with Crippen molar-refractivity contribution in [3.63, 3.8) is 0 Å². The molecule has 0 aliphatic carbocycles. The van der Waals surface area contributed by atoms with Crippen LogP contribution in [0.4, 0.5) is 0 Å². The van der Waals surface area contributed by atoms with Crippen LogP contribution in [0.2, 0.25) is 5.02 Å². The molecule has 0 fully saturated rings. The molecule has 0 spiro atoms. The lowest BCUT2D eigenvalue weighted by molar-refractivity contribution is 0.109. The molecule has 0 bridgehead atoms. The number of aliphatic hydroxyl groups excluding tert-OH is 1. The van der Waals surface area contributed by atoms with Crippen LogP contribution in [0.1, 0.15) is 22.8 Å².